The van der Waals surface area contributed by atoms with Crippen molar-refractivity contribution in [2.24, 2.45) is 0 Å². The van der Waals surface area contributed by atoms with Crippen LogP contribution >= 0.6 is 43.6 Å². The van der Waals surface area contributed by atoms with Gasteiger partial charge in [0, 0.05) is 20.9 Å². The van der Waals surface area contributed by atoms with Crippen LogP contribution in [0.1, 0.15) is 0 Å². The molecule has 0 aliphatic heterocycles. The lowest BCUT2D eigenvalue weighted by Crippen LogP contribution is -2.19. The molecule has 1 rings (SSSR count). The highest BCUT2D eigenvalue weighted by atomic mass is 79.9. The Bertz CT molecular complexity index is 323. The zero-order valence-electron chi connectivity index (χ0n) is 7.51. The Balaban J connectivity index is 2.63. The molecular formula is C9H9Br2NOS. The lowest BCUT2D eigenvalue weighted by molar-refractivity contribution is -0.118. The van der Waals surface area contributed by atoms with Crippen molar-refractivity contribution in [1.82, 2.24) is 5.32 Å². The molecule has 0 saturated heterocycles. The predicted molar refractivity (Wildman–Crippen MR) is 66.6 cm³/mol. The van der Waals surface area contributed by atoms with Gasteiger partial charge in [-0.15, -0.1) is 11.8 Å². The third-order valence-electron chi connectivity index (χ3n) is 1.48. The van der Waals surface area contributed by atoms with Crippen molar-refractivity contribution in [3.63, 3.8) is 0 Å². The zero-order valence-corrected chi connectivity index (χ0v) is 11.5. The number of nitrogens with one attached hydrogen (secondary N) is 1. The number of halogens is 2. The van der Waals surface area contributed by atoms with Gasteiger partial charge in [0.1, 0.15) is 0 Å². The third kappa shape index (κ3) is 4.02. The SMILES string of the molecule is CNC(=O)CSc1cc(Br)cc(Br)c1. The second-order valence-corrected chi connectivity index (χ2v) is 5.45. The average molecular weight is 339 g/mol. The molecule has 0 aliphatic rings. The van der Waals surface area contributed by atoms with E-state index in [9.17, 15) is 4.79 Å². The summed E-state index contributed by atoms with van der Waals surface area (Å²) in [7, 11) is 1.64. The van der Waals surface area contributed by atoms with Crippen LogP contribution in [0.2, 0.25) is 0 Å². The molecule has 0 aliphatic carbocycles. The van der Waals surface area contributed by atoms with Gasteiger partial charge in [-0.1, -0.05) is 31.9 Å². The average Bonchev–Trinajstić information content (AvgIpc) is 2.12. The first-order valence-corrected chi connectivity index (χ1v) is 6.48. The van der Waals surface area contributed by atoms with Crippen LogP contribution < -0.4 is 5.32 Å². The minimum Gasteiger partial charge on any atom is -0.358 e. The minimum atomic E-state index is 0.0334. The number of carbonyl (C=O) groups is 1. The van der Waals surface area contributed by atoms with Crippen LogP contribution in [0.5, 0.6) is 0 Å². The topological polar surface area (TPSA) is 29.1 Å². The van der Waals surface area contributed by atoms with Gasteiger partial charge in [0.2, 0.25) is 5.91 Å². The molecule has 14 heavy (non-hydrogen) atoms. The molecule has 0 fully saturated rings. The number of benzene rings is 1. The van der Waals surface area contributed by atoms with Crippen molar-refractivity contribution in [2.75, 3.05) is 12.8 Å². The molecule has 1 aromatic carbocycles. The van der Waals surface area contributed by atoms with Crippen molar-refractivity contribution in [1.29, 1.82) is 0 Å². The van der Waals surface area contributed by atoms with Crippen molar-refractivity contribution in [3.8, 4) is 0 Å². The van der Waals surface area contributed by atoms with Gasteiger partial charge < -0.3 is 5.32 Å². The highest BCUT2D eigenvalue weighted by molar-refractivity contribution is 9.11. The lowest BCUT2D eigenvalue weighted by atomic mass is 10.4. The van der Waals surface area contributed by atoms with Crippen LogP contribution in [0.15, 0.2) is 32.0 Å². The Labute approximate surface area is 104 Å². The maximum atomic E-state index is 11.0. The van der Waals surface area contributed by atoms with Crippen molar-refractivity contribution in [2.45, 2.75) is 4.90 Å². The monoisotopic (exact) mass is 337 g/mol. The van der Waals surface area contributed by atoms with E-state index < -0.39 is 0 Å². The zero-order chi connectivity index (χ0) is 10.6. The Morgan fingerprint density at radius 2 is 1.93 bits per heavy atom. The van der Waals surface area contributed by atoms with Gasteiger partial charge in [-0.05, 0) is 18.2 Å². The van der Waals surface area contributed by atoms with Gasteiger partial charge >= 0.3 is 0 Å². The largest absolute Gasteiger partial charge is 0.358 e. The Morgan fingerprint density at radius 3 is 2.43 bits per heavy atom. The molecule has 0 saturated carbocycles. The molecule has 0 heterocycles. The molecule has 1 N–H and O–H groups in total. The first-order valence-electron chi connectivity index (χ1n) is 3.91. The summed E-state index contributed by atoms with van der Waals surface area (Å²) in [4.78, 5) is 12.1. The van der Waals surface area contributed by atoms with Gasteiger partial charge in [0.05, 0.1) is 5.75 Å². The highest BCUT2D eigenvalue weighted by Crippen LogP contribution is 2.26. The Hall–Kier alpha value is -0.000000000000000111. The fourth-order valence-electron chi connectivity index (χ4n) is 0.833. The summed E-state index contributed by atoms with van der Waals surface area (Å²) in [6.07, 6.45) is 0. The van der Waals surface area contributed by atoms with E-state index in [1.807, 2.05) is 18.2 Å². The van der Waals surface area contributed by atoms with Gasteiger partial charge in [-0.3, -0.25) is 4.79 Å². The van der Waals surface area contributed by atoms with E-state index in [0.717, 1.165) is 13.8 Å². The predicted octanol–water partition coefficient (Wildman–Crippen LogP) is 3.05. The van der Waals surface area contributed by atoms with E-state index in [-0.39, 0.29) is 5.91 Å². The first-order chi connectivity index (χ1) is 6.61. The highest BCUT2D eigenvalue weighted by Gasteiger charge is 2.02. The fourth-order valence-corrected chi connectivity index (χ4v) is 3.29. The fraction of sp³-hybridized carbons (Fsp3) is 0.222. The maximum absolute atomic E-state index is 11.0. The summed E-state index contributed by atoms with van der Waals surface area (Å²) in [5, 5.41) is 2.58. The molecule has 0 unspecified atom stereocenters. The van der Waals surface area contributed by atoms with Crippen molar-refractivity contribution < 1.29 is 4.79 Å². The molecule has 0 radical (unpaired) electrons. The summed E-state index contributed by atoms with van der Waals surface area (Å²) < 4.78 is 2.01. The van der Waals surface area contributed by atoms with Gasteiger partial charge in [0.25, 0.3) is 0 Å². The number of rotatable bonds is 3. The van der Waals surface area contributed by atoms with Crippen LogP contribution in [0.4, 0.5) is 0 Å². The van der Waals surface area contributed by atoms with E-state index >= 15 is 0 Å². The van der Waals surface area contributed by atoms with Gasteiger partial charge in [0.15, 0.2) is 0 Å². The molecular weight excluding hydrogens is 330 g/mol. The third-order valence-corrected chi connectivity index (χ3v) is 3.38. The molecule has 2 nitrogen and oxygen atoms in total. The Kier molecular flexibility index (Phi) is 4.98. The number of thioether (sulfide) groups is 1. The normalized spacial score (nSPS) is 9.93. The van der Waals surface area contributed by atoms with Crippen molar-refractivity contribution in [3.05, 3.63) is 27.1 Å². The molecule has 1 aromatic rings. The second-order valence-electron chi connectivity index (χ2n) is 2.57. The lowest BCUT2D eigenvalue weighted by Gasteiger charge is -2.02. The molecule has 0 spiro atoms. The molecule has 76 valence electrons. The van der Waals surface area contributed by atoms with E-state index in [0.29, 0.717) is 5.75 Å². The number of amides is 1. The summed E-state index contributed by atoms with van der Waals surface area (Å²) in [6, 6.07) is 5.93. The van der Waals surface area contributed by atoms with Crippen LogP contribution in [-0.4, -0.2) is 18.7 Å². The van der Waals surface area contributed by atoms with E-state index in [4.69, 9.17) is 0 Å². The van der Waals surface area contributed by atoms with Gasteiger partial charge in [-0.25, -0.2) is 0 Å². The van der Waals surface area contributed by atoms with E-state index in [1.54, 1.807) is 7.05 Å². The summed E-state index contributed by atoms with van der Waals surface area (Å²) in [5.74, 6) is 0.477. The summed E-state index contributed by atoms with van der Waals surface area (Å²) in [6.45, 7) is 0. The number of hydrogen-bond donors (Lipinski definition) is 1. The molecule has 5 heteroatoms. The maximum Gasteiger partial charge on any atom is 0.230 e. The van der Waals surface area contributed by atoms with Crippen LogP contribution in [-0.2, 0) is 4.79 Å². The minimum absolute atomic E-state index is 0.0334. The molecule has 0 bridgehead atoms. The van der Waals surface area contributed by atoms with E-state index in [2.05, 4.69) is 37.2 Å². The van der Waals surface area contributed by atoms with Crippen LogP contribution in [0.3, 0.4) is 0 Å². The first kappa shape index (κ1) is 12.1. The standard InChI is InChI=1S/C9H9Br2NOS/c1-12-9(13)5-14-8-3-6(10)2-7(11)4-8/h2-4H,5H2,1H3,(H,12,13). The van der Waals surface area contributed by atoms with Crippen LogP contribution in [0.25, 0.3) is 0 Å². The van der Waals surface area contributed by atoms with E-state index in [1.165, 1.54) is 11.8 Å². The van der Waals surface area contributed by atoms with Crippen molar-refractivity contribution >= 4 is 49.5 Å². The second kappa shape index (κ2) is 5.78. The Morgan fingerprint density at radius 1 is 1.36 bits per heavy atom. The molecule has 1 amide bonds. The van der Waals surface area contributed by atoms with Crippen LogP contribution in [0, 0.1) is 0 Å². The molecule has 0 aromatic heterocycles. The summed E-state index contributed by atoms with van der Waals surface area (Å²) in [5.41, 5.74) is 0. The smallest absolute Gasteiger partial charge is 0.230 e. The number of carbonyl (C=O) groups excluding carboxylic acids is 1. The quantitative estimate of drug-likeness (QED) is 0.858. The summed E-state index contributed by atoms with van der Waals surface area (Å²) >= 11 is 8.30. The molecule has 0 atom stereocenters. The number of hydrogen-bond acceptors (Lipinski definition) is 2. The van der Waals surface area contributed by atoms with Gasteiger partial charge in [-0.2, -0.15) is 0 Å².